The number of carbonyl (C=O) groups excluding carboxylic acids is 3. The normalized spacial score (nSPS) is 19.9. The van der Waals surface area contributed by atoms with E-state index in [4.69, 9.17) is 10.5 Å². The lowest BCUT2D eigenvalue weighted by molar-refractivity contribution is 0.0128. The zero-order valence-electron chi connectivity index (χ0n) is 38.0. The summed E-state index contributed by atoms with van der Waals surface area (Å²) in [5, 5.41) is 2.90. The third kappa shape index (κ3) is 11.9. The molecular weight excluding hydrogens is 913 g/mol. The van der Waals surface area contributed by atoms with Crippen LogP contribution in [0.25, 0.3) is 11.1 Å². The molecule has 3 N–H and O–H groups in total. The second kappa shape index (κ2) is 21.0. The van der Waals surface area contributed by atoms with Crippen LogP contribution in [0.2, 0.25) is 0 Å². The molecule has 2 atom stereocenters. The Morgan fingerprint density at radius 2 is 1.06 bits per heavy atom. The van der Waals surface area contributed by atoms with Crippen molar-refractivity contribution in [2.45, 2.75) is 81.2 Å². The first kappa shape index (κ1) is 49.5. The molecule has 4 saturated heterocycles. The standard InChI is InChI=1S/C33H33F4N3O3.C18H23F4N3O/c34-23-9-10-29(35)22(17-23)18-30(21-11-14-39(15-12-21)32(42)40-16-13-33(36,37)20-40)38-31(41)43-19-28-26-7-3-1-5-24(26)25-6-2-4-8-27(25)28;19-14-1-2-15(20)13(9-14)10-16(23)12-3-6-24(7-4-12)17(26)25-8-5-18(21,22)11-25/h1-10,17,21,28,30H,11-16,18-20H2,(H,38,41);1-2,9,12,16H,3-8,10-11,23H2. The fourth-order valence-corrected chi connectivity index (χ4v) is 10.4. The number of nitrogens with one attached hydrogen (secondary N) is 1. The lowest BCUT2D eigenvalue weighted by Gasteiger charge is -2.37. The molecule has 0 aromatic heterocycles. The van der Waals surface area contributed by atoms with Gasteiger partial charge in [-0.25, -0.2) is 49.5 Å². The van der Waals surface area contributed by atoms with Gasteiger partial charge in [0.1, 0.15) is 29.9 Å². The van der Waals surface area contributed by atoms with Gasteiger partial charge in [0, 0.05) is 70.1 Å². The van der Waals surface area contributed by atoms with Gasteiger partial charge in [0.05, 0.1) is 13.1 Å². The van der Waals surface area contributed by atoms with Gasteiger partial charge in [-0.1, -0.05) is 48.5 Å². The van der Waals surface area contributed by atoms with Gasteiger partial charge >= 0.3 is 18.2 Å². The summed E-state index contributed by atoms with van der Waals surface area (Å²) in [5.41, 5.74) is 10.9. The molecule has 4 heterocycles. The highest BCUT2D eigenvalue weighted by atomic mass is 19.3. The number of hydrogen-bond donors (Lipinski definition) is 2. The maximum atomic E-state index is 14.6. The Balaban J connectivity index is 0.000000211. The van der Waals surface area contributed by atoms with E-state index in [0.29, 0.717) is 51.9 Å². The monoisotopic (exact) mass is 968 g/mol. The van der Waals surface area contributed by atoms with Crippen molar-refractivity contribution >= 4 is 18.2 Å². The van der Waals surface area contributed by atoms with Crippen molar-refractivity contribution in [3.05, 3.63) is 130 Å². The van der Waals surface area contributed by atoms with E-state index in [1.807, 2.05) is 48.5 Å². The Kier molecular flexibility index (Phi) is 15.1. The number of halogens is 8. The van der Waals surface area contributed by atoms with E-state index in [-0.39, 0.29) is 86.3 Å². The van der Waals surface area contributed by atoms with Gasteiger partial charge in [-0.05, 0) is 120 Å². The Morgan fingerprint density at radius 1 is 0.609 bits per heavy atom. The highest BCUT2D eigenvalue weighted by Gasteiger charge is 2.44. The van der Waals surface area contributed by atoms with Crippen molar-refractivity contribution in [2.24, 2.45) is 17.6 Å². The van der Waals surface area contributed by atoms with Crippen LogP contribution in [0.15, 0.2) is 84.9 Å². The summed E-state index contributed by atoms with van der Waals surface area (Å²) in [6.45, 7) is 0.561. The molecule has 10 nitrogen and oxygen atoms in total. The van der Waals surface area contributed by atoms with Crippen LogP contribution in [0, 0.1) is 35.1 Å². The minimum Gasteiger partial charge on any atom is -0.449 e. The number of amides is 5. The maximum absolute atomic E-state index is 14.6. The average Bonchev–Trinajstić information content (AvgIpc) is 4.01. The SMILES string of the molecule is NC(Cc1cc(F)ccc1F)C1CCN(C(=O)N2CCC(F)(F)C2)CC1.O=C(NC(Cc1cc(F)ccc1F)C1CCN(C(=O)N2CCC(F)(F)C2)CC1)OCC1c2ccccc2-c2ccccc21. The molecule has 4 aromatic carbocycles. The topological polar surface area (TPSA) is 111 Å². The van der Waals surface area contributed by atoms with Crippen molar-refractivity contribution in [1.82, 2.24) is 24.9 Å². The van der Waals surface area contributed by atoms with Crippen LogP contribution in [0.1, 0.15) is 66.7 Å². The predicted octanol–water partition coefficient (Wildman–Crippen LogP) is 9.60. The first-order chi connectivity index (χ1) is 32.9. The highest BCUT2D eigenvalue weighted by molar-refractivity contribution is 5.79. The number of piperidine rings is 2. The van der Waals surface area contributed by atoms with Crippen molar-refractivity contribution in [3.8, 4) is 11.1 Å². The van der Waals surface area contributed by atoms with Crippen LogP contribution in [-0.2, 0) is 17.6 Å². The molecule has 5 amide bonds. The van der Waals surface area contributed by atoms with Gasteiger partial charge in [-0.3, -0.25) is 0 Å². The third-order valence-electron chi connectivity index (χ3n) is 14.2. The zero-order chi connectivity index (χ0) is 49.0. The summed E-state index contributed by atoms with van der Waals surface area (Å²) in [6.07, 6.45) is 1.11. The second-order valence-corrected chi connectivity index (χ2v) is 18.9. The summed E-state index contributed by atoms with van der Waals surface area (Å²) in [6, 6.07) is 20.8. The average molecular weight is 969 g/mol. The second-order valence-electron chi connectivity index (χ2n) is 18.9. The van der Waals surface area contributed by atoms with E-state index in [2.05, 4.69) is 5.32 Å². The number of rotatable bonds is 9. The van der Waals surface area contributed by atoms with Crippen LogP contribution in [0.5, 0.6) is 0 Å². The number of alkyl halides is 4. The largest absolute Gasteiger partial charge is 0.449 e. The number of alkyl carbamates (subject to hydrolysis) is 1. The minimum absolute atomic E-state index is 0.0105. The Labute approximate surface area is 395 Å². The number of likely N-dealkylation sites (tertiary alicyclic amines) is 4. The van der Waals surface area contributed by atoms with E-state index in [0.717, 1.165) is 58.7 Å². The van der Waals surface area contributed by atoms with E-state index >= 15 is 0 Å². The first-order valence-electron chi connectivity index (χ1n) is 23.5. The number of nitrogens with two attached hydrogens (primary N) is 1. The quantitative estimate of drug-likeness (QED) is 0.163. The minimum atomic E-state index is -2.87. The summed E-state index contributed by atoms with van der Waals surface area (Å²) in [4.78, 5) is 43.9. The summed E-state index contributed by atoms with van der Waals surface area (Å²) >= 11 is 0. The summed E-state index contributed by atoms with van der Waals surface area (Å²) in [7, 11) is 0. The molecule has 0 spiro atoms. The molecule has 4 aliphatic heterocycles. The Hall–Kier alpha value is -5.91. The van der Waals surface area contributed by atoms with Crippen LogP contribution >= 0.6 is 0 Å². The van der Waals surface area contributed by atoms with Crippen LogP contribution in [0.4, 0.5) is 49.5 Å². The zero-order valence-corrected chi connectivity index (χ0v) is 38.0. The molecule has 370 valence electrons. The van der Waals surface area contributed by atoms with Crippen LogP contribution in [-0.4, -0.2) is 121 Å². The number of hydrogen-bond acceptors (Lipinski definition) is 5. The van der Waals surface area contributed by atoms with E-state index in [1.165, 1.54) is 9.80 Å². The summed E-state index contributed by atoms with van der Waals surface area (Å²) in [5.74, 6) is -8.06. The molecule has 4 aromatic rings. The number of carbonyl (C=O) groups is 3. The van der Waals surface area contributed by atoms with E-state index in [1.54, 1.807) is 9.80 Å². The van der Waals surface area contributed by atoms with Crippen LogP contribution < -0.4 is 11.1 Å². The molecule has 4 fully saturated rings. The Bertz CT molecular complexity index is 2440. The van der Waals surface area contributed by atoms with Gasteiger partial charge in [0.25, 0.3) is 11.8 Å². The van der Waals surface area contributed by atoms with Crippen molar-refractivity contribution in [1.29, 1.82) is 0 Å². The lowest BCUT2D eigenvalue weighted by atomic mass is 9.86. The van der Waals surface area contributed by atoms with E-state index < -0.39 is 66.4 Å². The fourth-order valence-electron chi connectivity index (χ4n) is 10.4. The molecule has 9 rings (SSSR count). The van der Waals surface area contributed by atoms with Crippen molar-refractivity contribution in [3.63, 3.8) is 0 Å². The van der Waals surface area contributed by atoms with Gasteiger partial charge in [-0.15, -0.1) is 0 Å². The number of benzene rings is 4. The summed E-state index contributed by atoms with van der Waals surface area (Å²) < 4.78 is 115. The first-order valence-corrected chi connectivity index (χ1v) is 23.5. The molecule has 0 bridgehead atoms. The smallest absolute Gasteiger partial charge is 0.407 e. The molecule has 18 heteroatoms. The number of fused-ring (bicyclic) bond motifs is 3. The maximum Gasteiger partial charge on any atom is 0.407 e. The van der Waals surface area contributed by atoms with Gasteiger partial charge in [0.2, 0.25) is 0 Å². The number of urea groups is 2. The molecule has 0 radical (unpaired) electrons. The Morgan fingerprint density at radius 3 is 1.52 bits per heavy atom. The third-order valence-corrected chi connectivity index (χ3v) is 14.2. The number of ether oxygens (including phenoxy) is 1. The molecule has 5 aliphatic rings. The van der Waals surface area contributed by atoms with Crippen LogP contribution in [0.3, 0.4) is 0 Å². The molecule has 1 aliphatic carbocycles. The molecule has 0 saturated carbocycles. The molecule has 69 heavy (non-hydrogen) atoms. The predicted molar refractivity (Wildman–Crippen MR) is 242 cm³/mol. The van der Waals surface area contributed by atoms with Crippen molar-refractivity contribution < 1.29 is 54.2 Å². The molecular formula is C51H56F8N6O4. The highest BCUT2D eigenvalue weighted by Crippen LogP contribution is 2.44. The molecule has 2 unspecified atom stereocenters. The van der Waals surface area contributed by atoms with Crippen molar-refractivity contribution in [2.75, 3.05) is 59.0 Å². The van der Waals surface area contributed by atoms with E-state index in [9.17, 15) is 49.5 Å². The van der Waals surface area contributed by atoms with Gasteiger partial charge in [0.15, 0.2) is 0 Å². The lowest BCUT2D eigenvalue weighted by Crippen LogP contribution is -2.50. The fraction of sp³-hybridized carbons (Fsp3) is 0.471. The van der Waals surface area contributed by atoms with Gasteiger partial charge < -0.3 is 35.4 Å². The van der Waals surface area contributed by atoms with Gasteiger partial charge in [-0.2, -0.15) is 0 Å². The number of nitrogens with zero attached hydrogens (tertiary/aromatic N) is 4.